The molecule has 1 fully saturated rings. The van der Waals surface area contributed by atoms with E-state index in [2.05, 4.69) is 102 Å². The number of pyridine rings is 1. The maximum absolute atomic E-state index is 5.14. The molecule has 0 radical (unpaired) electrons. The van der Waals surface area contributed by atoms with Crippen LogP contribution in [0.2, 0.25) is 0 Å². The Morgan fingerprint density at radius 2 is 1.97 bits per heavy atom. The maximum Gasteiger partial charge on any atom is 0.104 e. The lowest BCUT2D eigenvalue weighted by Gasteiger charge is -2.38. The number of aromatic nitrogens is 1. The zero-order valence-electron chi connectivity index (χ0n) is 22.5. The molecule has 36 heavy (non-hydrogen) atoms. The van der Waals surface area contributed by atoms with Gasteiger partial charge in [-0.3, -0.25) is 0 Å². The van der Waals surface area contributed by atoms with E-state index in [1.807, 2.05) is 0 Å². The van der Waals surface area contributed by atoms with Crippen LogP contribution in [-0.4, -0.2) is 86.6 Å². The van der Waals surface area contributed by atoms with Crippen molar-refractivity contribution >= 4 is 27.9 Å². The molecule has 2 aromatic rings. The lowest BCUT2D eigenvalue weighted by atomic mass is 10.0. The highest BCUT2D eigenvalue weighted by atomic mass is 15.3. The normalized spacial score (nSPS) is 16.2. The van der Waals surface area contributed by atoms with E-state index in [1.54, 1.807) is 0 Å². The van der Waals surface area contributed by atoms with E-state index in [9.17, 15) is 0 Å². The molecular formula is C29H43N7. The van der Waals surface area contributed by atoms with E-state index in [4.69, 9.17) is 4.98 Å². The van der Waals surface area contributed by atoms with Crippen LogP contribution in [0.15, 0.2) is 54.5 Å². The Hall–Kier alpha value is -3.03. The van der Waals surface area contributed by atoms with E-state index < -0.39 is 0 Å². The molecule has 2 aliphatic rings. The molecule has 7 heteroatoms. The van der Waals surface area contributed by atoms with Crippen LogP contribution < -0.4 is 16.0 Å². The molecule has 0 spiro atoms. The van der Waals surface area contributed by atoms with E-state index in [0.717, 1.165) is 98.7 Å². The minimum Gasteiger partial charge on any atom is -0.384 e. The summed E-state index contributed by atoms with van der Waals surface area (Å²) in [7, 11) is 6.42. The first-order valence-electron chi connectivity index (χ1n) is 13.3. The van der Waals surface area contributed by atoms with Crippen LogP contribution in [0, 0.1) is 0 Å². The molecule has 0 bridgehead atoms. The Bertz CT molecular complexity index is 1110. The Labute approximate surface area is 216 Å². The summed E-state index contributed by atoms with van der Waals surface area (Å²) >= 11 is 0. The molecule has 0 saturated carbocycles. The number of benzene rings is 1. The third-order valence-corrected chi connectivity index (χ3v) is 6.78. The summed E-state index contributed by atoms with van der Waals surface area (Å²) < 4.78 is 0. The standard InChI is InChI=1S/C29H43N7/c1-6-8-22(2)32-24-10-11-25-27(31-13-7-16-34(3)4)20-26(33-28(25)19-24)23-9-12-29(35(5)21-23)36-17-14-30-15-18-36/h9-12,19-20,30,32H,2,6-8,13-18,21H2,1,3-5H3,(H,31,33). The summed E-state index contributed by atoms with van der Waals surface area (Å²) in [5.41, 5.74) is 6.50. The van der Waals surface area contributed by atoms with Crippen LogP contribution >= 0.6 is 0 Å². The number of hydrogen-bond donors (Lipinski definition) is 3. The second kappa shape index (κ2) is 12.3. The average Bonchev–Trinajstić information content (AvgIpc) is 2.86. The maximum atomic E-state index is 5.14. The molecule has 194 valence electrons. The molecule has 4 rings (SSSR count). The van der Waals surface area contributed by atoms with E-state index in [0.29, 0.717) is 0 Å². The molecular weight excluding hydrogens is 446 g/mol. The molecule has 1 aromatic carbocycles. The number of anilines is 2. The molecule has 0 unspecified atom stereocenters. The SMILES string of the molecule is C=C(CCC)Nc1ccc2c(NCCCN(C)C)cc(C3=CC=C(N4CCNCC4)N(C)C3)nc2c1. The highest BCUT2D eigenvalue weighted by molar-refractivity contribution is 5.95. The van der Waals surface area contributed by atoms with Crippen LogP contribution in [0.25, 0.3) is 16.5 Å². The Morgan fingerprint density at radius 1 is 1.17 bits per heavy atom. The molecule has 0 aliphatic carbocycles. The molecule has 1 aromatic heterocycles. The minimum absolute atomic E-state index is 0.847. The monoisotopic (exact) mass is 489 g/mol. The van der Waals surface area contributed by atoms with Crippen molar-refractivity contribution in [3.8, 4) is 0 Å². The number of fused-ring (bicyclic) bond motifs is 1. The lowest BCUT2D eigenvalue weighted by molar-refractivity contribution is 0.222. The van der Waals surface area contributed by atoms with Gasteiger partial charge in [-0.05, 0) is 69.4 Å². The van der Waals surface area contributed by atoms with Gasteiger partial charge in [0, 0.05) is 68.8 Å². The van der Waals surface area contributed by atoms with Crippen LogP contribution in [0.1, 0.15) is 31.9 Å². The van der Waals surface area contributed by atoms with Gasteiger partial charge in [0.1, 0.15) is 5.82 Å². The highest BCUT2D eigenvalue weighted by Crippen LogP contribution is 2.31. The van der Waals surface area contributed by atoms with Gasteiger partial charge in [-0.15, -0.1) is 0 Å². The number of piperazine rings is 1. The van der Waals surface area contributed by atoms with Crippen LogP contribution in [0.3, 0.4) is 0 Å². The Kier molecular flexibility index (Phi) is 8.88. The van der Waals surface area contributed by atoms with Gasteiger partial charge in [0.2, 0.25) is 0 Å². The van der Waals surface area contributed by atoms with Crippen LogP contribution in [0.4, 0.5) is 11.4 Å². The molecule has 0 amide bonds. The van der Waals surface area contributed by atoms with Gasteiger partial charge < -0.3 is 30.7 Å². The molecule has 1 saturated heterocycles. The quantitative estimate of drug-likeness (QED) is 0.405. The topological polar surface area (TPSA) is 58.7 Å². The summed E-state index contributed by atoms with van der Waals surface area (Å²) in [4.78, 5) is 12.2. The predicted molar refractivity (Wildman–Crippen MR) is 154 cm³/mol. The summed E-state index contributed by atoms with van der Waals surface area (Å²) in [6.07, 6.45) is 7.64. The zero-order chi connectivity index (χ0) is 25.5. The molecule has 3 N–H and O–H groups in total. The van der Waals surface area contributed by atoms with Gasteiger partial charge in [-0.25, -0.2) is 4.98 Å². The van der Waals surface area contributed by atoms with E-state index in [-0.39, 0.29) is 0 Å². The van der Waals surface area contributed by atoms with Gasteiger partial charge >= 0.3 is 0 Å². The largest absolute Gasteiger partial charge is 0.384 e. The van der Waals surface area contributed by atoms with Gasteiger partial charge in [-0.2, -0.15) is 0 Å². The average molecular weight is 490 g/mol. The summed E-state index contributed by atoms with van der Waals surface area (Å²) in [5, 5.41) is 11.8. The molecule has 0 atom stereocenters. The number of allylic oxidation sites excluding steroid dienone is 3. The number of rotatable bonds is 11. The molecule has 2 aliphatic heterocycles. The first-order valence-corrected chi connectivity index (χ1v) is 13.3. The molecule has 3 heterocycles. The Morgan fingerprint density at radius 3 is 2.69 bits per heavy atom. The Balaban J connectivity index is 1.64. The predicted octanol–water partition coefficient (Wildman–Crippen LogP) is 4.40. The second-order valence-electron chi connectivity index (χ2n) is 10.2. The number of nitrogens with zero attached hydrogens (tertiary/aromatic N) is 4. The zero-order valence-corrected chi connectivity index (χ0v) is 22.5. The third-order valence-electron chi connectivity index (χ3n) is 6.78. The second-order valence-corrected chi connectivity index (χ2v) is 10.2. The van der Waals surface area contributed by atoms with Crippen molar-refractivity contribution in [1.29, 1.82) is 0 Å². The highest BCUT2D eigenvalue weighted by Gasteiger charge is 2.21. The minimum atomic E-state index is 0.847. The number of nitrogens with one attached hydrogen (secondary N) is 3. The van der Waals surface area contributed by atoms with E-state index >= 15 is 0 Å². The van der Waals surface area contributed by atoms with Crippen molar-refractivity contribution in [3.05, 3.63) is 60.2 Å². The van der Waals surface area contributed by atoms with Crippen LogP contribution in [-0.2, 0) is 0 Å². The fraction of sp³-hybridized carbons (Fsp3) is 0.483. The van der Waals surface area contributed by atoms with Crippen molar-refractivity contribution < 1.29 is 0 Å². The van der Waals surface area contributed by atoms with E-state index in [1.165, 1.54) is 11.4 Å². The third kappa shape index (κ3) is 6.59. The smallest absolute Gasteiger partial charge is 0.104 e. The van der Waals surface area contributed by atoms with Gasteiger partial charge in [0.05, 0.1) is 11.2 Å². The van der Waals surface area contributed by atoms with Crippen molar-refractivity contribution in [3.63, 3.8) is 0 Å². The van der Waals surface area contributed by atoms with Crippen LogP contribution in [0.5, 0.6) is 0 Å². The first-order chi connectivity index (χ1) is 17.4. The summed E-state index contributed by atoms with van der Waals surface area (Å²) in [6.45, 7) is 13.4. The summed E-state index contributed by atoms with van der Waals surface area (Å²) in [6, 6.07) is 8.68. The van der Waals surface area contributed by atoms with Gasteiger partial charge in [0.25, 0.3) is 0 Å². The fourth-order valence-electron chi connectivity index (χ4n) is 4.90. The van der Waals surface area contributed by atoms with Crippen molar-refractivity contribution in [1.82, 2.24) is 25.0 Å². The fourth-order valence-corrected chi connectivity index (χ4v) is 4.90. The number of hydrogen-bond acceptors (Lipinski definition) is 7. The van der Waals surface area contributed by atoms with Crippen molar-refractivity contribution in [2.45, 2.75) is 26.2 Å². The van der Waals surface area contributed by atoms with Crippen molar-refractivity contribution in [2.24, 2.45) is 0 Å². The first kappa shape index (κ1) is 26.0. The summed E-state index contributed by atoms with van der Waals surface area (Å²) in [5.74, 6) is 1.30. The van der Waals surface area contributed by atoms with Crippen molar-refractivity contribution in [2.75, 3.05) is 77.6 Å². The molecule has 7 nitrogen and oxygen atoms in total. The van der Waals surface area contributed by atoms with Gasteiger partial charge in [-0.1, -0.05) is 26.0 Å². The van der Waals surface area contributed by atoms with Gasteiger partial charge in [0.15, 0.2) is 0 Å². The lowest BCUT2D eigenvalue weighted by Crippen LogP contribution is -2.46. The number of likely N-dealkylation sites (N-methyl/N-ethyl adjacent to an activating group) is 1.